The Labute approximate surface area is 148 Å². The number of furan rings is 1. The SMILES string of the molecule is O=C(OCc1ccc(F)cc1)c1cc(-c2ccco2)nc2ccccc12. The van der Waals surface area contributed by atoms with E-state index in [1.165, 1.54) is 12.1 Å². The third-order valence-corrected chi connectivity index (χ3v) is 3.99. The van der Waals surface area contributed by atoms with Gasteiger partial charge in [-0.05, 0) is 42.0 Å². The van der Waals surface area contributed by atoms with E-state index in [9.17, 15) is 9.18 Å². The molecule has 2 aromatic heterocycles. The summed E-state index contributed by atoms with van der Waals surface area (Å²) in [6, 6.07) is 18.4. The molecule has 2 aromatic carbocycles. The standard InChI is InChI=1S/C21H14FNO3/c22-15-9-7-14(8-10-15)13-26-21(24)17-12-19(20-6-3-11-25-20)23-18-5-2-1-4-16(17)18/h1-12H,13H2. The Kier molecular flexibility index (Phi) is 4.19. The maximum atomic E-state index is 13.0. The molecule has 0 fully saturated rings. The van der Waals surface area contributed by atoms with E-state index in [1.807, 2.05) is 24.3 Å². The number of pyridine rings is 1. The normalized spacial score (nSPS) is 10.8. The zero-order valence-electron chi connectivity index (χ0n) is 13.7. The van der Waals surface area contributed by atoms with Crippen LogP contribution in [0.5, 0.6) is 0 Å². The van der Waals surface area contributed by atoms with E-state index in [0.29, 0.717) is 33.5 Å². The highest BCUT2D eigenvalue weighted by Crippen LogP contribution is 2.26. The number of hydrogen-bond donors (Lipinski definition) is 0. The van der Waals surface area contributed by atoms with E-state index in [-0.39, 0.29) is 12.4 Å². The molecule has 0 bridgehead atoms. The molecule has 0 spiro atoms. The maximum Gasteiger partial charge on any atom is 0.339 e. The van der Waals surface area contributed by atoms with E-state index in [4.69, 9.17) is 9.15 Å². The summed E-state index contributed by atoms with van der Waals surface area (Å²) in [5.74, 6) is -0.229. The van der Waals surface area contributed by atoms with Crippen LogP contribution in [-0.4, -0.2) is 11.0 Å². The van der Waals surface area contributed by atoms with E-state index in [2.05, 4.69) is 4.98 Å². The Morgan fingerprint density at radius 2 is 1.85 bits per heavy atom. The molecule has 0 aliphatic heterocycles. The monoisotopic (exact) mass is 347 g/mol. The minimum absolute atomic E-state index is 0.0614. The minimum atomic E-state index is -0.472. The quantitative estimate of drug-likeness (QED) is 0.488. The minimum Gasteiger partial charge on any atom is -0.463 e. The van der Waals surface area contributed by atoms with Gasteiger partial charge in [0.05, 0.1) is 17.3 Å². The van der Waals surface area contributed by atoms with Crippen LogP contribution in [-0.2, 0) is 11.3 Å². The molecule has 4 aromatic rings. The first-order valence-electron chi connectivity index (χ1n) is 8.06. The zero-order chi connectivity index (χ0) is 17.9. The van der Waals surface area contributed by atoms with E-state index in [1.54, 1.807) is 36.6 Å². The van der Waals surface area contributed by atoms with Crippen molar-refractivity contribution in [3.8, 4) is 11.5 Å². The number of carbonyl (C=O) groups is 1. The van der Waals surface area contributed by atoms with Crippen molar-refractivity contribution in [2.24, 2.45) is 0 Å². The van der Waals surface area contributed by atoms with Crippen molar-refractivity contribution >= 4 is 16.9 Å². The third kappa shape index (κ3) is 3.19. The van der Waals surface area contributed by atoms with Crippen LogP contribution in [0.2, 0.25) is 0 Å². The summed E-state index contributed by atoms with van der Waals surface area (Å²) >= 11 is 0. The van der Waals surface area contributed by atoms with Gasteiger partial charge in [-0.3, -0.25) is 0 Å². The summed E-state index contributed by atoms with van der Waals surface area (Å²) < 4.78 is 23.8. The molecule has 0 unspecified atom stereocenters. The van der Waals surface area contributed by atoms with Crippen molar-refractivity contribution in [1.29, 1.82) is 0 Å². The van der Waals surface area contributed by atoms with Gasteiger partial charge < -0.3 is 9.15 Å². The second kappa shape index (κ2) is 6.80. The average Bonchev–Trinajstić information content (AvgIpc) is 3.21. The van der Waals surface area contributed by atoms with Crippen molar-refractivity contribution in [2.45, 2.75) is 6.61 Å². The van der Waals surface area contributed by atoms with Crippen LogP contribution in [0.4, 0.5) is 4.39 Å². The second-order valence-corrected chi connectivity index (χ2v) is 5.75. The lowest BCUT2D eigenvalue weighted by molar-refractivity contribution is 0.0475. The molecule has 2 heterocycles. The summed E-state index contributed by atoms with van der Waals surface area (Å²) in [5, 5.41) is 0.701. The van der Waals surface area contributed by atoms with Gasteiger partial charge in [0.1, 0.15) is 18.1 Å². The Bertz CT molecular complexity index is 1060. The van der Waals surface area contributed by atoms with Gasteiger partial charge in [0.2, 0.25) is 0 Å². The Morgan fingerprint density at radius 1 is 1.04 bits per heavy atom. The van der Waals surface area contributed by atoms with Crippen molar-refractivity contribution in [3.63, 3.8) is 0 Å². The molecule has 0 saturated carbocycles. The lowest BCUT2D eigenvalue weighted by atomic mass is 10.1. The van der Waals surface area contributed by atoms with Gasteiger partial charge >= 0.3 is 5.97 Å². The highest BCUT2D eigenvalue weighted by atomic mass is 19.1. The predicted octanol–water partition coefficient (Wildman–Crippen LogP) is 4.99. The molecule has 0 radical (unpaired) electrons. The molecule has 26 heavy (non-hydrogen) atoms. The van der Waals surface area contributed by atoms with Crippen LogP contribution in [0.3, 0.4) is 0 Å². The Hall–Kier alpha value is -3.47. The smallest absolute Gasteiger partial charge is 0.339 e. The molecule has 0 N–H and O–H groups in total. The largest absolute Gasteiger partial charge is 0.463 e. The zero-order valence-corrected chi connectivity index (χ0v) is 13.7. The summed E-state index contributed by atoms with van der Waals surface area (Å²) in [5.41, 5.74) is 2.35. The molecule has 5 heteroatoms. The Morgan fingerprint density at radius 3 is 2.62 bits per heavy atom. The number of halogens is 1. The molecule has 4 rings (SSSR count). The van der Waals surface area contributed by atoms with E-state index < -0.39 is 5.97 Å². The highest BCUT2D eigenvalue weighted by molar-refractivity contribution is 6.04. The summed E-state index contributed by atoms with van der Waals surface area (Å²) in [7, 11) is 0. The van der Waals surface area contributed by atoms with Crippen molar-refractivity contribution in [2.75, 3.05) is 0 Å². The summed E-state index contributed by atoms with van der Waals surface area (Å²) in [6.45, 7) is 0.0614. The molecule has 0 aliphatic carbocycles. The van der Waals surface area contributed by atoms with Gasteiger partial charge in [-0.2, -0.15) is 0 Å². The molecule has 0 aliphatic rings. The topological polar surface area (TPSA) is 52.3 Å². The van der Waals surface area contributed by atoms with Crippen LogP contribution >= 0.6 is 0 Å². The summed E-state index contributed by atoms with van der Waals surface area (Å²) in [4.78, 5) is 17.2. The van der Waals surface area contributed by atoms with Crippen LogP contribution in [0.15, 0.2) is 77.4 Å². The number of para-hydroxylation sites is 1. The van der Waals surface area contributed by atoms with Crippen molar-refractivity contribution < 1.29 is 18.3 Å². The van der Waals surface area contributed by atoms with E-state index in [0.717, 1.165) is 0 Å². The van der Waals surface area contributed by atoms with Crippen molar-refractivity contribution in [1.82, 2.24) is 4.98 Å². The van der Waals surface area contributed by atoms with Crippen LogP contribution < -0.4 is 0 Å². The number of hydrogen-bond acceptors (Lipinski definition) is 4. The van der Waals surface area contributed by atoms with Gasteiger partial charge in [-0.1, -0.05) is 30.3 Å². The van der Waals surface area contributed by atoms with Crippen molar-refractivity contribution in [3.05, 3.63) is 89.9 Å². The average molecular weight is 347 g/mol. The number of nitrogens with zero attached hydrogens (tertiary/aromatic N) is 1. The number of ether oxygens (including phenoxy) is 1. The number of fused-ring (bicyclic) bond motifs is 1. The first-order chi connectivity index (χ1) is 12.7. The van der Waals surface area contributed by atoms with Gasteiger partial charge in [0.15, 0.2) is 5.76 Å². The molecule has 0 saturated heterocycles. The summed E-state index contributed by atoms with van der Waals surface area (Å²) in [6.07, 6.45) is 1.55. The van der Waals surface area contributed by atoms with E-state index >= 15 is 0 Å². The lowest BCUT2D eigenvalue weighted by Crippen LogP contribution is -2.07. The first kappa shape index (κ1) is 16.0. The van der Waals surface area contributed by atoms with Crippen LogP contribution in [0.25, 0.3) is 22.4 Å². The molecule has 0 amide bonds. The molecule has 4 nitrogen and oxygen atoms in total. The van der Waals surface area contributed by atoms with Crippen LogP contribution in [0.1, 0.15) is 15.9 Å². The number of carbonyl (C=O) groups excluding carboxylic acids is 1. The maximum absolute atomic E-state index is 13.0. The van der Waals surface area contributed by atoms with Gasteiger partial charge in [-0.25, -0.2) is 14.2 Å². The number of aromatic nitrogens is 1. The fourth-order valence-corrected chi connectivity index (χ4v) is 2.70. The Balaban J connectivity index is 1.67. The first-order valence-corrected chi connectivity index (χ1v) is 8.06. The van der Waals surface area contributed by atoms with Gasteiger partial charge in [0, 0.05) is 5.39 Å². The van der Waals surface area contributed by atoms with Crippen LogP contribution in [0, 0.1) is 5.82 Å². The van der Waals surface area contributed by atoms with Gasteiger partial charge in [0.25, 0.3) is 0 Å². The number of rotatable bonds is 4. The number of esters is 1. The molecular formula is C21H14FNO3. The van der Waals surface area contributed by atoms with Gasteiger partial charge in [-0.15, -0.1) is 0 Å². The molecule has 0 atom stereocenters. The molecular weight excluding hydrogens is 333 g/mol. The lowest BCUT2D eigenvalue weighted by Gasteiger charge is -2.09. The fourth-order valence-electron chi connectivity index (χ4n) is 2.70. The fraction of sp³-hybridized carbons (Fsp3) is 0.0476. The highest BCUT2D eigenvalue weighted by Gasteiger charge is 2.16. The third-order valence-electron chi connectivity index (χ3n) is 3.99. The predicted molar refractivity (Wildman–Crippen MR) is 95.0 cm³/mol. The number of benzene rings is 2. The second-order valence-electron chi connectivity index (χ2n) is 5.75. The molecule has 128 valence electrons.